The molecule has 2 N–H and O–H groups in total. The first-order valence-corrected chi connectivity index (χ1v) is 10.0. The van der Waals surface area contributed by atoms with Gasteiger partial charge in [-0.1, -0.05) is 18.2 Å². The molecule has 1 aromatic carbocycles. The molecule has 6 nitrogen and oxygen atoms in total. The molecule has 0 saturated heterocycles. The van der Waals surface area contributed by atoms with Gasteiger partial charge in [-0.25, -0.2) is 4.98 Å². The van der Waals surface area contributed by atoms with Crippen molar-refractivity contribution in [1.29, 1.82) is 0 Å². The highest BCUT2D eigenvalue weighted by atomic mass is 32.1. The summed E-state index contributed by atoms with van der Waals surface area (Å²) < 4.78 is 5.25. The van der Waals surface area contributed by atoms with Crippen molar-refractivity contribution in [2.24, 2.45) is 0 Å². The molecule has 7 heteroatoms. The summed E-state index contributed by atoms with van der Waals surface area (Å²) in [7, 11) is 0. The SMILES string of the molecule is O[C@H](Cn1ccnc1-c1cc2n(n1)CCCNC2)c1cc2ccccc2s1. The zero-order chi connectivity index (χ0) is 18.2. The number of rotatable bonds is 4. The Labute approximate surface area is 161 Å². The van der Waals surface area contributed by atoms with E-state index in [0.717, 1.165) is 42.5 Å². The zero-order valence-electron chi connectivity index (χ0n) is 14.9. The molecule has 1 atom stereocenters. The first kappa shape index (κ1) is 16.7. The smallest absolute Gasteiger partial charge is 0.160 e. The summed E-state index contributed by atoms with van der Waals surface area (Å²) in [5, 5.41) is 20.1. The number of aryl methyl sites for hydroxylation is 1. The van der Waals surface area contributed by atoms with E-state index in [1.165, 1.54) is 15.8 Å². The predicted octanol–water partition coefficient (Wildman–Crippen LogP) is 3.19. The van der Waals surface area contributed by atoms with Crippen LogP contribution in [-0.4, -0.2) is 31.0 Å². The minimum absolute atomic E-state index is 0.461. The Morgan fingerprint density at radius 1 is 1.26 bits per heavy atom. The minimum atomic E-state index is -0.572. The monoisotopic (exact) mass is 379 g/mol. The van der Waals surface area contributed by atoms with Crippen LogP contribution >= 0.6 is 11.3 Å². The van der Waals surface area contributed by atoms with E-state index in [9.17, 15) is 5.11 Å². The topological polar surface area (TPSA) is 67.9 Å². The van der Waals surface area contributed by atoms with Crippen molar-refractivity contribution in [3.05, 3.63) is 59.4 Å². The molecule has 1 aliphatic rings. The van der Waals surface area contributed by atoms with Crippen LogP contribution in [0.1, 0.15) is 23.1 Å². The number of nitrogens with one attached hydrogen (secondary N) is 1. The summed E-state index contributed by atoms with van der Waals surface area (Å²) >= 11 is 1.64. The number of thiophene rings is 1. The highest BCUT2D eigenvalue weighted by Crippen LogP contribution is 2.31. The molecular weight excluding hydrogens is 358 g/mol. The maximum absolute atomic E-state index is 10.8. The maximum Gasteiger partial charge on any atom is 0.160 e. The summed E-state index contributed by atoms with van der Waals surface area (Å²) in [5.74, 6) is 0.802. The summed E-state index contributed by atoms with van der Waals surface area (Å²) in [4.78, 5) is 5.47. The van der Waals surface area contributed by atoms with Crippen LogP contribution in [0.3, 0.4) is 0 Å². The summed E-state index contributed by atoms with van der Waals surface area (Å²) in [6, 6.07) is 12.4. The van der Waals surface area contributed by atoms with Gasteiger partial charge in [-0.2, -0.15) is 5.10 Å². The van der Waals surface area contributed by atoms with E-state index in [4.69, 9.17) is 5.10 Å². The molecule has 4 heterocycles. The van der Waals surface area contributed by atoms with Crippen LogP contribution < -0.4 is 5.32 Å². The van der Waals surface area contributed by atoms with Gasteiger partial charge in [0.1, 0.15) is 11.8 Å². The Kier molecular flexibility index (Phi) is 4.27. The van der Waals surface area contributed by atoms with Gasteiger partial charge >= 0.3 is 0 Å². The first-order valence-electron chi connectivity index (χ1n) is 9.23. The van der Waals surface area contributed by atoms with Crippen molar-refractivity contribution in [2.75, 3.05) is 6.54 Å². The van der Waals surface area contributed by atoms with Crippen molar-refractivity contribution in [1.82, 2.24) is 24.6 Å². The second-order valence-corrected chi connectivity index (χ2v) is 8.00. The molecule has 5 rings (SSSR count). The third kappa shape index (κ3) is 3.18. The second kappa shape index (κ2) is 6.92. The molecular formula is C20H21N5OS. The second-order valence-electron chi connectivity index (χ2n) is 6.88. The van der Waals surface area contributed by atoms with Crippen LogP contribution in [0.25, 0.3) is 21.6 Å². The Bertz CT molecular complexity index is 1020. The molecule has 0 aliphatic carbocycles. The van der Waals surface area contributed by atoms with Gasteiger partial charge in [0, 0.05) is 35.1 Å². The van der Waals surface area contributed by atoms with E-state index < -0.39 is 6.10 Å². The van der Waals surface area contributed by atoms with Gasteiger partial charge in [0.15, 0.2) is 5.82 Å². The molecule has 0 radical (unpaired) electrons. The molecule has 3 aromatic heterocycles. The van der Waals surface area contributed by atoms with Crippen molar-refractivity contribution in [3.8, 4) is 11.5 Å². The van der Waals surface area contributed by atoms with Gasteiger partial charge in [0.05, 0.1) is 12.2 Å². The van der Waals surface area contributed by atoms with Crippen molar-refractivity contribution in [2.45, 2.75) is 32.2 Å². The Balaban J connectivity index is 1.41. The van der Waals surface area contributed by atoms with Gasteiger partial charge in [-0.3, -0.25) is 4.68 Å². The minimum Gasteiger partial charge on any atom is -0.386 e. The van der Waals surface area contributed by atoms with Crippen molar-refractivity contribution >= 4 is 21.4 Å². The molecule has 138 valence electrons. The Hall–Kier alpha value is -2.48. The number of aliphatic hydroxyl groups excluding tert-OH is 1. The largest absolute Gasteiger partial charge is 0.386 e. The average Bonchev–Trinajstić information content (AvgIpc) is 3.37. The fraction of sp³-hybridized carbons (Fsp3) is 0.300. The third-order valence-corrected chi connectivity index (χ3v) is 6.20. The molecule has 0 bridgehead atoms. The molecule has 27 heavy (non-hydrogen) atoms. The first-order chi connectivity index (χ1) is 13.3. The van der Waals surface area contributed by atoms with Crippen LogP contribution in [0.15, 0.2) is 48.8 Å². The average molecular weight is 379 g/mol. The van der Waals surface area contributed by atoms with Crippen molar-refractivity contribution < 1.29 is 5.11 Å². The molecule has 4 aromatic rings. The van der Waals surface area contributed by atoms with Crippen LogP contribution in [0.5, 0.6) is 0 Å². The van der Waals surface area contributed by atoms with E-state index in [1.807, 2.05) is 22.9 Å². The maximum atomic E-state index is 10.8. The number of nitrogens with zero attached hydrogens (tertiary/aromatic N) is 4. The predicted molar refractivity (Wildman–Crippen MR) is 107 cm³/mol. The van der Waals surface area contributed by atoms with E-state index in [0.29, 0.717) is 6.54 Å². The lowest BCUT2D eigenvalue weighted by Crippen LogP contribution is -2.11. The zero-order valence-corrected chi connectivity index (χ0v) is 15.7. The highest BCUT2D eigenvalue weighted by Gasteiger charge is 2.18. The van der Waals surface area contributed by atoms with Gasteiger partial charge in [0.25, 0.3) is 0 Å². The fourth-order valence-electron chi connectivity index (χ4n) is 3.60. The summed E-state index contributed by atoms with van der Waals surface area (Å²) in [6.45, 7) is 3.24. The van der Waals surface area contributed by atoms with E-state index >= 15 is 0 Å². The van der Waals surface area contributed by atoms with E-state index in [1.54, 1.807) is 17.5 Å². The van der Waals surface area contributed by atoms with Gasteiger partial charge in [0.2, 0.25) is 0 Å². The quantitative estimate of drug-likeness (QED) is 0.571. The summed E-state index contributed by atoms with van der Waals surface area (Å²) in [5.41, 5.74) is 2.05. The van der Waals surface area contributed by atoms with Crippen LogP contribution in [-0.2, 0) is 19.6 Å². The van der Waals surface area contributed by atoms with Crippen LogP contribution in [0.2, 0.25) is 0 Å². The lowest BCUT2D eigenvalue weighted by Gasteiger charge is -2.11. The number of benzene rings is 1. The highest BCUT2D eigenvalue weighted by molar-refractivity contribution is 7.19. The Morgan fingerprint density at radius 2 is 2.19 bits per heavy atom. The van der Waals surface area contributed by atoms with Gasteiger partial charge < -0.3 is 15.0 Å². The third-order valence-electron chi connectivity index (χ3n) is 4.98. The van der Waals surface area contributed by atoms with Crippen LogP contribution in [0, 0.1) is 0 Å². The molecule has 0 unspecified atom stereocenters. The standard InChI is InChI=1S/C20H21N5OS/c26-17(19-10-14-4-1-2-5-18(14)27-19)13-24-9-7-22-20(24)16-11-15-12-21-6-3-8-25(15)23-16/h1-2,4-5,7,9-11,17,21,26H,3,6,8,12-13H2/t17-/m1/s1. The normalized spacial score (nSPS) is 15.6. The number of imidazole rings is 1. The molecule has 0 amide bonds. The molecule has 0 saturated carbocycles. The molecule has 0 spiro atoms. The fourth-order valence-corrected chi connectivity index (χ4v) is 4.65. The lowest BCUT2D eigenvalue weighted by atomic mass is 10.2. The number of hydrogen-bond acceptors (Lipinski definition) is 5. The lowest BCUT2D eigenvalue weighted by molar-refractivity contribution is 0.161. The molecule has 0 fully saturated rings. The molecule has 1 aliphatic heterocycles. The van der Waals surface area contributed by atoms with Crippen molar-refractivity contribution in [3.63, 3.8) is 0 Å². The van der Waals surface area contributed by atoms with Crippen LogP contribution in [0.4, 0.5) is 0 Å². The number of aliphatic hydroxyl groups is 1. The van der Waals surface area contributed by atoms with E-state index in [2.05, 4.69) is 39.2 Å². The number of fused-ring (bicyclic) bond motifs is 2. The number of aromatic nitrogens is 4. The van der Waals surface area contributed by atoms with Gasteiger partial charge in [-0.15, -0.1) is 11.3 Å². The summed E-state index contributed by atoms with van der Waals surface area (Å²) in [6.07, 6.45) is 4.19. The Morgan fingerprint density at radius 3 is 3.11 bits per heavy atom. The van der Waals surface area contributed by atoms with Gasteiger partial charge in [-0.05, 0) is 36.6 Å². The van der Waals surface area contributed by atoms with E-state index in [-0.39, 0.29) is 0 Å². The number of hydrogen-bond donors (Lipinski definition) is 2.